The topological polar surface area (TPSA) is 30.5 Å². The summed E-state index contributed by atoms with van der Waals surface area (Å²) in [4.78, 5) is 0. The molecule has 1 atom stereocenters. The lowest BCUT2D eigenvalue weighted by molar-refractivity contribution is 0.395. The van der Waals surface area contributed by atoms with Crippen molar-refractivity contribution >= 4 is 11.3 Å². The summed E-state index contributed by atoms with van der Waals surface area (Å²) in [5, 5.41) is 7.76. The number of rotatable bonds is 6. The highest BCUT2D eigenvalue weighted by Gasteiger charge is 2.08. The molecule has 19 heavy (non-hydrogen) atoms. The van der Waals surface area contributed by atoms with Crippen molar-refractivity contribution in [3.8, 4) is 11.5 Å². The molecule has 0 aliphatic heterocycles. The van der Waals surface area contributed by atoms with Crippen LogP contribution in [0.1, 0.15) is 24.1 Å². The third-order valence-electron chi connectivity index (χ3n) is 3.13. The fourth-order valence-electron chi connectivity index (χ4n) is 1.92. The second-order valence-corrected chi connectivity index (χ2v) is 5.12. The van der Waals surface area contributed by atoms with Gasteiger partial charge in [-0.3, -0.25) is 0 Å². The van der Waals surface area contributed by atoms with Crippen molar-refractivity contribution in [2.75, 3.05) is 14.2 Å². The average Bonchev–Trinajstić information content (AvgIpc) is 2.98. The minimum Gasteiger partial charge on any atom is -0.497 e. The van der Waals surface area contributed by atoms with Crippen molar-refractivity contribution in [3.05, 3.63) is 46.2 Å². The van der Waals surface area contributed by atoms with Crippen molar-refractivity contribution in [2.24, 2.45) is 0 Å². The van der Waals surface area contributed by atoms with Gasteiger partial charge in [-0.2, -0.15) is 11.3 Å². The van der Waals surface area contributed by atoms with E-state index in [2.05, 4.69) is 29.1 Å². The van der Waals surface area contributed by atoms with Crippen LogP contribution in [0, 0.1) is 0 Å². The van der Waals surface area contributed by atoms with Gasteiger partial charge in [-0.15, -0.1) is 0 Å². The van der Waals surface area contributed by atoms with Crippen LogP contribution in [0.25, 0.3) is 0 Å². The minimum atomic E-state index is 0.321. The van der Waals surface area contributed by atoms with Gasteiger partial charge >= 0.3 is 0 Å². The number of benzene rings is 1. The zero-order chi connectivity index (χ0) is 13.7. The van der Waals surface area contributed by atoms with Gasteiger partial charge in [0.05, 0.1) is 14.2 Å². The van der Waals surface area contributed by atoms with Gasteiger partial charge in [0.1, 0.15) is 11.5 Å². The smallest absolute Gasteiger partial charge is 0.123 e. The number of nitrogens with one attached hydrogen (secondary N) is 1. The molecule has 2 aromatic rings. The van der Waals surface area contributed by atoms with E-state index < -0.39 is 0 Å². The number of methoxy groups -OCH3 is 2. The van der Waals surface area contributed by atoms with E-state index in [0.717, 1.165) is 23.6 Å². The van der Waals surface area contributed by atoms with E-state index in [0.29, 0.717) is 6.04 Å². The van der Waals surface area contributed by atoms with Crippen LogP contribution in [-0.2, 0) is 6.54 Å². The Morgan fingerprint density at radius 1 is 1.21 bits per heavy atom. The van der Waals surface area contributed by atoms with Crippen LogP contribution in [0.15, 0.2) is 35.0 Å². The third-order valence-corrected chi connectivity index (χ3v) is 3.83. The molecule has 0 saturated carbocycles. The standard InChI is InChI=1S/C15H19NO2S/c1-11(12-6-7-19-10-12)16-9-13-8-14(17-2)4-5-15(13)18-3/h4-8,10-11,16H,9H2,1-3H3. The predicted molar refractivity (Wildman–Crippen MR) is 79.1 cm³/mol. The first-order valence-corrected chi connectivity index (χ1v) is 7.15. The quantitative estimate of drug-likeness (QED) is 0.875. The maximum absolute atomic E-state index is 5.37. The summed E-state index contributed by atoms with van der Waals surface area (Å²) < 4.78 is 10.6. The van der Waals surface area contributed by atoms with Crippen LogP contribution >= 0.6 is 11.3 Å². The van der Waals surface area contributed by atoms with E-state index in [1.807, 2.05) is 18.2 Å². The Labute approximate surface area is 118 Å². The number of thiophene rings is 1. The van der Waals surface area contributed by atoms with Gasteiger partial charge in [0.25, 0.3) is 0 Å². The van der Waals surface area contributed by atoms with Gasteiger partial charge in [-0.05, 0) is 47.5 Å². The van der Waals surface area contributed by atoms with Crippen LogP contribution < -0.4 is 14.8 Å². The van der Waals surface area contributed by atoms with Crippen molar-refractivity contribution in [2.45, 2.75) is 19.5 Å². The molecule has 0 aliphatic carbocycles. The van der Waals surface area contributed by atoms with Gasteiger partial charge in [-0.25, -0.2) is 0 Å². The highest BCUT2D eigenvalue weighted by Crippen LogP contribution is 2.25. The minimum absolute atomic E-state index is 0.321. The van der Waals surface area contributed by atoms with Crippen LogP contribution in [0.4, 0.5) is 0 Å². The molecular formula is C15H19NO2S. The van der Waals surface area contributed by atoms with Crippen LogP contribution in [-0.4, -0.2) is 14.2 Å². The summed E-state index contributed by atoms with van der Waals surface area (Å²) in [6, 6.07) is 8.31. The molecule has 0 aliphatic rings. The molecule has 3 nitrogen and oxygen atoms in total. The summed E-state index contributed by atoms with van der Waals surface area (Å²) in [7, 11) is 3.36. The Bertz CT molecular complexity index is 511. The van der Waals surface area contributed by atoms with Gasteiger partial charge < -0.3 is 14.8 Å². The molecule has 0 amide bonds. The summed E-state index contributed by atoms with van der Waals surface area (Å²) in [6.45, 7) is 2.91. The van der Waals surface area contributed by atoms with Crippen LogP contribution in [0.2, 0.25) is 0 Å². The van der Waals surface area contributed by atoms with Crippen LogP contribution in [0.3, 0.4) is 0 Å². The van der Waals surface area contributed by atoms with E-state index in [-0.39, 0.29) is 0 Å². The predicted octanol–water partition coefficient (Wildman–Crippen LogP) is 3.62. The molecule has 0 radical (unpaired) electrons. The largest absolute Gasteiger partial charge is 0.497 e. The number of hydrogen-bond acceptors (Lipinski definition) is 4. The van der Waals surface area contributed by atoms with Crippen molar-refractivity contribution in [1.29, 1.82) is 0 Å². The van der Waals surface area contributed by atoms with Gasteiger partial charge in [0.2, 0.25) is 0 Å². The van der Waals surface area contributed by atoms with E-state index in [9.17, 15) is 0 Å². The molecule has 4 heteroatoms. The Kier molecular flexibility index (Phi) is 4.82. The van der Waals surface area contributed by atoms with Gasteiger partial charge in [0.15, 0.2) is 0 Å². The molecule has 102 valence electrons. The molecule has 0 saturated heterocycles. The van der Waals surface area contributed by atoms with Gasteiger partial charge in [0, 0.05) is 18.2 Å². The molecule has 1 aromatic heterocycles. The lowest BCUT2D eigenvalue weighted by atomic mass is 10.1. The molecule has 2 rings (SSSR count). The van der Waals surface area contributed by atoms with Crippen molar-refractivity contribution < 1.29 is 9.47 Å². The maximum atomic E-state index is 5.37. The number of ether oxygens (including phenoxy) is 2. The highest BCUT2D eigenvalue weighted by molar-refractivity contribution is 7.07. The van der Waals surface area contributed by atoms with Crippen LogP contribution in [0.5, 0.6) is 11.5 Å². The summed E-state index contributed by atoms with van der Waals surface area (Å²) in [5.41, 5.74) is 2.41. The fourth-order valence-corrected chi connectivity index (χ4v) is 2.68. The second-order valence-electron chi connectivity index (χ2n) is 4.34. The molecule has 0 bridgehead atoms. The number of hydrogen-bond donors (Lipinski definition) is 1. The Morgan fingerprint density at radius 2 is 2.05 bits per heavy atom. The zero-order valence-electron chi connectivity index (χ0n) is 11.5. The normalized spacial score (nSPS) is 12.2. The van der Waals surface area contributed by atoms with Gasteiger partial charge in [-0.1, -0.05) is 0 Å². The zero-order valence-corrected chi connectivity index (χ0v) is 12.3. The SMILES string of the molecule is COc1ccc(OC)c(CNC(C)c2ccsc2)c1. The Hall–Kier alpha value is -1.52. The molecule has 0 spiro atoms. The average molecular weight is 277 g/mol. The molecule has 1 N–H and O–H groups in total. The van der Waals surface area contributed by atoms with Crippen molar-refractivity contribution in [3.63, 3.8) is 0 Å². The van der Waals surface area contributed by atoms with E-state index >= 15 is 0 Å². The molecule has 0 fully saturated rings. The molecule has 1 aromatic carbocycles. The molecule has 1 unspecified atom stereocenters. The lowest BCUT2D eigenvalue weighted by Gasteiger charge is -2.15. The fraction of sp³-hybridized carbons (Fsp3) is 0.333. The first-order chi connectivity index (χ1) is 9.24. The Morgan fingerprint density at radius 3 is 2.68 bits per heavy atom. The monoisotopic (exact) mass is 277 g/mol. The first-order valence-electron chi connectivity index (χ1n) is 6.21. The molecule has 1 heterocycles. The van der Waals surface area contributed by atoms with E-state index in [1.165, 1.54) is 5.56 Å². The van der Waals surface area contributed by atoms with Crippen molar-refractivity contribution in [1.82, 2.24) is 5.32 Å². The maximum Gasteiger partial charge on any atom is 0.123 e. The highest BCUT2D eigenvalue weighted by atomic mass is 32.1. The Balaban J connectivity index is 2.05. The first kappa shape index (κ1) is 13.9. The summed E-state index contributed by atoms with van der Waals surface area (Å²) in [6.07, 6.45) is 0. The summed E-state index contributed by atoms with van der Waals surface area (Å²) in [5.74, 6) is 1.73. The summed E-state index contributed by atoms with van der Waals surface area (Å²) >= 11 is 1.72. The van der Waals surface area contributed by atoms with E-state index in [1.54, 1.807) is 25.6 Å². The van der Waals surface area contributed by atoms with E-state index in [4.69, 9.17) is 9.47 Å². The lowest BCUT2D eigenvalue weighted by Crippen LogP contribution is -2.18. The molecular weight excluding hydrogens is 258 g/mol. The third kappa shape index (κ3) is 3.49. The second kappa shape index (κ2) is 6.59.